The van der Waals surface area contributed by atoms with E-state index in [0.29, 0.717) is 30.6 Å². The van der Waals surface area contributed by atoms with Crippen molar-refractivity contribution < 1.29 is 8.78 Å². The average Bonchev–Trinajstić information content (AvgIpc) is 2.55. The second-order valence-corrected chi connectivity index (χ2v) is 7.28. The quantitative estimate of drug-likeness (QED) is 0.701. The van der Waals surface area contributed by atoms with Crippen LogP contribution in [-0.4, -0.2) is 10.9 Å². The van der Waals surface area contributed by atoms with Crippen LogP contribution in [0.25, 0.3) is 0 Å². The molecule has 122 valence electrons. The topological polar surface area (TPSA) is 12.9 Å². The Morgan fingerprint density at radius 2 is 1.68 bits per heavy atom. The van der Waals surface area contributed by atoms with Gasteiger partial charge in [-0.25, -0.2) is 8.78 Å². The van der Waals surface area contributed by atoms with Crippen LogP contribution in [0.3, 0.4) is 0 Å². The van der Waals surface area contributed by atoms with Crippen molar-refractivity contribution in [2.45, 2.75) is 70.1 Å². The summed E-state index contributed by atoms with van der Waals surface area (Å²) < 4.78 is 27.0. The highest BCUT2D eigenvalue weighted by Crippen LogP contribution is 2.45. The molecular formula is C19H27F2N. The van der Waals surface area contributed by atoms with Gasteiger partial charge in [-0.2, -0.15) is 0 Å². The van der Waals surface area contributed by atoms with Crippen LogP contribution in [0.4, 0.5) is 8.78 Å². The third-order valence-electron chi connectivity index (χ3n) is 5.79. The van der Waals surface area contributed by atoms with E-state index in [1.807, 2.05) is 18.3 Å². The maximum absolute atomic E-state index is 13.5. The zero-order chi connectivity index (χ0) is 15.4. The number of pyridine rings is 1. The highest BCUT2D eigenvalue weighted by Gasteiger charge is 2.39. The zero-order valence-electron chi connectivity index (χ0n) is 13.3. The summed E-state index contributed by atoms with van der Waals surface area (Å²) in [4.78, 5) is 4.49. The molecule has 2 aliphatic carbocycles. The van der Waals surface area contributed by atoms with Gasteiger partial charge in [0.1, 0.15) is 0 Å². The molecule has 0 aliphatic heterocycles. The van der Waals surface area contributed by atoms with E-state index >= 15 is 0 Å². The summed E-state index contributed by atoms with van der Waals surface area (Å²) in [5.74, 6) is -0.693. The first-order valence-corrected chi connectivity index (χ1v) is 8.92. The van der Waals surface area contributed by atoms with Crippen LogP contribution >= 0.6 is 0 Å². The SMILES string of the molecule is FC1(F)CCC(C(Cc2ccccn2)C2CCCCC2)CC1. The van der Waals surface area contributed by atoms with E-state index < -0.39 is 5.92 Å². The lowest BCUT2D eigenvalue weighted by Gasteiger charge is -2.39. The molecule has 0 spiro atoms. The van der Waals surface area contributed by atoms with Crippen LogP contribution in [0.15, 0.2) is 24.4 Å². The van der Waals surface area contributed by atoms with E-state index in [-0.39, 0.29) is 12.8 Å². The third-order valence-corrected chi connectivity index (χ3v) is 5.79. The minimum absolute atomic E-state index is 0.0864. The molecule has 0 aromatic carbocycles. The molecule has 2 saturated carbocycles. The Labute approximate surface area is 132 Å². The smallest absolute Gasteiger partial charge is 0.248 e. The molecule has 1 nitrogen and oxygen atoms in total. The molecule has 1 aromatic rings. The molecule has 1 unspecified atom stereocenters. The van der Waals surface area contributed by atoms with Crippen LogP contribution in [0.5, 0.6) is 0 Å². The lowest BCUT2D eigenvalue weighted by molar-refractivity contribution is -0.0570. The molecule has 22 heavy (non-hydrogen) atoms. The lowest BCUT2D eigenvalue weighted by atomic mass is 9.67. The van der Waals surface area contributed by atoms with Gasteiger partial charge < -0.3 is 0 Å². The summed E-state index contributed by atoms with van der Waals surface area (Å²) in [7, 11) is 0. The molecule has 1 heterocycles. The van der Waals surface area contributed by atoms with Crippen LogP contribution in [-0.2, 0) is 6.42 Å². The van der Waals surface area contributed by atoms with Gasteiger partial charge in [-0.05, 0) is 49.1 Å². The molecule has 1 aromatic heterocycles. The fraction of sp³-hybridized carbons (Fsp3) is 0.737. The van der Waals surface area contributed by atoms with Crippen molar-refractivity contribution in [2.24, 2.45) is 17.8 Å². The number of rotatable bonds is 4. The molecular weight excluding hydrogens is 280 g/mol. The second-order valence-electron chi connectivity index (χ2n) is 7.28. The largest absolute Gasteiger partial charge is 0.261 e. The lowest BCUT2D eigenvalue weighted by Crippen LogP contribution is -2.33. The van der Waals surface area contributed by atoms with Crippen LogP contribution in [0, 0.1) is 17.8 Å². The predicted octanol–water partition coefficient (Wildman–Crippen LogP) is 5.65. The number of nitrogens with zero attached hydrogens (tertiary/aromatic N) is 1. The van der Waals surface area contributed by atoms with E-state index in [1.165, 1.54) is 32.1 Å². The highest BCUT2D eigenvalue weighted by molar-refractivity contribution is 5.05. The predicted molar refractivity (Wildman–Crippen MR) is 84.9 cm³/mol. The standard InChI is InChI=1S/C19H27F2N/c20-19(21)11-9-16(10-12-19)18(15-6-2-1-3-7-15)14-17-8-4-5-13-22-17/h4-5,8,13,15-16,18H,1-3,6-7,9-12,14H2. The molecule has 0 N–H and O–H groups in total. The van der Waals surface area contributed by atoms with Gasteiger partial charge in [0.15, 0.2) is 0 Å². The fourth-order valence-corrected chi connectivity index (χ4v) is 4.53. The van der Waals surface area contributed by atoms with Crippen LogP contribution < -0.4 is 0 Å². The van der Waals surface area contributed by atoms with Crippen LogP contribution in [0.1, 0.15) is 63.5 Å². The first kappa shape index (κ1) is 15.9. The Balaban J connectivity index is 1.71. The van der Waals surface area contributed by atoms with Crippen molar-refractivity contribution in [3.63, 3.8) is 0 Å². The molecule has 1 atom stereocenters. The summed E-state index contributed by atoms with van der Waals surface area (Å²) in [6.07, 6.45) is 10.9. The van der Waals surface area contributed by atoms with Crippen molar-refractivity contribution >= 4 is 0 Å². The van der Waals surface area contributed by atoms with Crippen LogP contribution in [0.2, 0.25) is 0 Å². The summed E-state index contributed by atoms with van der Waals surface area (Å²) in [5.41, 5.74) is 1.13. The second kappa shape index (κ2) is 7.06. The number of alkyl halides is 2. The molecule has 0 radical (unpaired) electrons. The molecule has 0 amide bonds. The maximum atomic E-state index is 13.5. The van der Waals surface area contributed by atoms with E-state index in [9.17, 15) is 8.78 Å². The summed E-state index contributed by atoms with van der Waals surface area (Å²) in [5, 5.41) is 0. The van der Waals surface area contributed by atoms with Gasteiger partial charge in [-0.3, -0.25) is 4.98 Å². The minimum Gasteiger partial charge on any atom is -0.261 e. The van der Waals surface area contributed by atoms with Gasteiger partial charge in [-0.1, -0.05) is 38.2 Å². The Kier molecular flexibility index (Phi) is 5.10. The average molecular weight is 307 g/mol. The third kappa shape index (κ3) is 4.05. The molecule has 3 heteroatoms. The first-order chi connectivity index (χ1) is 10.6. The van der Waals surface area contributed by atoms with Crippen molar-refractivity contribution in [2.75, 3.05) is 0 Å². The Hall–Kier alpha value is -0.990. The van der Waals surface area contributed by atoms with Gasteiger partial charge in [-0.15, -0.1) is 0 Å². The number of hydrogen-bond donors (Lipinski definition) is 0. The van der Waals surface area contributed by atoms with Gasteiger partial charge in [0, 0.05) is 24.7 Å². The fourth-order valence-electron chi connectivity index (χ4n) is 4.53. The van der Waals surface area contributed by atoms with Gasteiger partial charge in [0.05, 0.1) is 0 Å². The molecule has 3 rings (SSSR count). The van der Waals surface area contributed by atoms with Crippen molar-refractivity contribution in [3.05, 3.63) is 30.1 Å². The monoisotopic (exact) mass is 307 g/mol. The summed E-state index contributed by atoms with van der Waals surface area (Å²) in [6, 6.07) is 6.07. The normalized spacial score (nSPS) is 25.0. The summed E-state index contributed by atoms with van der Waals surface area (Å²) >= 11 is 0. The van der Waals surface area contributed by atoms with Crippen molar-refractivity contribution in [1.82, 2.24) is 4.98 Å². The zero-order valence-corrected chi connectivity index (χ0v) is 13.3. The number of hydrogen-bond acceptors (Lipinski definition) is 1. The maximum Gasteiger partial charge on any atom is 0.248 e. The number of halogens is 2. The Bertz CT molecular complexity index is 444. The molecule has 0 bridgehead atoms. The number of aromatic nitrogens is 1. The van der Waals surface area contributed by atoms with E-state index in [0.717, 1.165) is 12.1 Å². The Morgan fingerprint density at radius 1 is 1.00 bits per heavy atom. The van der Waals surface area contributed by atoms with Crippen molar-refractivity contribution in [3.8, 4) is 0 Å². The minimum atomic E-state index is -2.42. The van der Waals surface area contributed by atoms with Gasteiger partial charge in [0.2, 0.25) is 5.92 Å². The molecule has 2 aliphatic rings. The summed E-state index contributed by atoms with van der Waals surface area (Å²) in [6.45, 7) is 0. The van der Waals surface area contributed by atoms with E-state index in [2.05, 4.69) is 11.1 Å². The Morgan fingerprint density at radius 3 is 2.32 bits per heavy atom. The van der Waals surface area contributed by atoms with E-state index in [1.54, 1.807) is 0 Å². The van der Waals surface area contributed by atoms with Gasteiger partial charge in [0.25, 0.3) is 0 Å². The van der Waals surface area contributed by atoms with Crippen molar-refractivity contribution in [1.29, 1.82) is 0 Å². The van der Waals surface area contributed by atoms with Gasteiger partial charge >= 0.3 is 0 Å². The van der Waals surface area contributed by atoms with E-state index in [4.69, 9.17) is 0 Å². The highest BCUT2D eigenvalue weighted by atomic mass is 19.3. The molecule has 2 fully saturated rings. The first-order valence-electron chi connectivity index (χ1n) is 8.92. The molecule has 0 saturated heterocycles.